The fraction of sp³-hybridized carbons (Fsp3) is 0.500. The average molecular weight is 289 g/mol. The van der Waals surface area contributed by atoms with E-state index in [-0.39, 0.29) is 5.82 Å². The number of halogens is 1. The molecular formula is C16H20FN3O. The van der Waals surface area contributed by atoms with Crippen molar-refractivity contribution in [3.8, 4) is 0 Å². The minimum Gasteiger partial charge on any atom is -0.339 e. The summed E-state index contributed by atoms with van der Waals surface area (Å²) in [6, 6.07) is 6.61. The monoisotopic (exact) mass is 289 g/mol. The Morgan fingerprint density at radius 3 is 2.76 bits per heavy atom. The van der Waals surface area contributed by atoms with Crippen LogP contribution < -0.4 is 5.73 Å². The molecule has 0 aliphatic heterocycles. The average Bonchev–Trinajstić information content (AvgIpc) is 2.94. The summed E-state index contributed by atoms with van der Waals surface area (Å²) in [4.78, 5) is 4.40. The van der Waals surface area contributed by atoms with E-state index in [9.17, 15) is 4.39 Å². The lowest BCUT2D eigenvalue weighted by molar-refractivity contribution is 0.230. The first-order chi connectivity index (χ1) is 10.1. The van der Waals surface area contributed by atoms with Gasteiger partial charge in [0.2, 0.25) is 5.89 Å². The molecule has 0 unspecified atom stereocenters. The van der Waals surface area contributed by atoms with Crippen LogP contribution in [0.2, 0.25) is 0 Å². The van der Waals surface area contributed by atoms with Crippen molar-refractivity contribution in [1.29, 1.82) is 0 Å². The second kappa shape index (κ2) is 5.56. The Morgan fingerprint density at radius 1 is 1.33 bits per heavy atom. The predicted molar refractivity (Wildman–Crippen MR) is 77.0 cm³/mol. The first-order valence-electron chi connectivity index (χ1n) is 7.42. The van der Waals surface area contributed by atoms with Crippen molar-refractivity contribution in [3.05, 3.63) is 47.4 Å². The first-order valence-corrected chi connectivity index (χ1v) is 7.42. The highest BCUT2D eigenvalue weighted by Gasteiger charge is 2.36. The standard InChI is InChI=1S/C16H20FN3O/c1-11-6-8-16(18,9-7-11)15-19-14(21-20-15)10-12-4-2-3-5-13(12)17/h2-5,11H,6-10,18H2,1H3. The van der Waals surface area contributed by atoms with Gasteiger partial charge in [-0.1, -0.05) is 30.3 Å². The van der Waals surface area contributed by atoms with Crippen LogP contribution >= 0.6 is 0 Å². The molecule has 0 bridgehead atoms. The van der Waals surface area contributed by atoms with Crippen molar-refractivity contribution in [2.45, 2.75) is 44.6 Å². The molecule has 1 aliphatic carbocycles. The Balaban J connectivity index is 1.76. The van der Waals surface area contributed by atoms with Crippen molar-refractivity contribution in [2.75, 3.05) is 0 Å². The normalized spacial score (nSPS) is 26.0. The Bertz CT molecular complexity index is 617. The molecule has 1 aromatic carbocycles. The number of nitrogens with zero attached hydrogens (tertiary/aromatic N) is 2. The molecule has 0 spiro atoms. The fourth-order valence-corrected chi connectivity index (χ4v) is 2.83. The maximum absolute atomic E-state index is 13.6. The van der Waals surface area contributed by atoms with E-state index in [2.05, 4.69) is 17.1 Å². The molecule has 2 aromatic rings. The third-order valence-corrected chi connectivity index (χ3v) is 4.38. The van der Waals surface area contributed by atoms with Gasteiger partial charge in [-0.25, -0.2) is 4.39 Å². The van der Waals surface area contributed by atoms with Gasteiger partial charge in [0.15, 0.2) is 5.82 Å². The van der Waals surface area contributed by atoms with Gasteiger partial charge >= 0.3 is 0 Å². The summed E-state index contributed by atoms with van der Waals surface area (Å²) < 4.78 is 18.9. The predicted octanol–water partition coefficient (Wildman–Crippen LogP) is 3.16. The molecule has 1 saturated carbocycles. The fourth-order valence-electron chi connectivity index (χ4n) is 2.83. The van der Waals surface area contributed by atoms with Crippen molar-refractivity contribution < 1.29 is 8.91 Å². The zero-order valence-corrected chi connectivity index (χ0v) is 12.2. The van der Waals surface area contributed by atoms with Crippen LogP contribution in [-0.2, 0) is 12.0 Å². The molecule has 3 rings (SSSR count). The summed E-state index contributed by atoms with van der Waals surface area (Å²) >= 11 is 0. The molecule has 0 atom stereocenters. The van der Waals surface area contributed by atoms with E-state index in [0.29, 0.717) is 29.6 Å². The summed E-state index contributed by atoms with van der Waals surface area (Å²) in [5, 5.41) is 4.03. The molecule has 2 N–H and O–H groups in total. The van der Waals surface area contributed by atoms with Gasteiger partial charge < -0.3 is 10.3 Å². The van der Waals surface area contributed by atoms with Crippen LogP contribution in [0.1, 0.15) is 49.9 Å². The first kappa shape index (κ1) is 14.2. The molecule has 1 aromatic heterocycles. The summed E-state index contributed by atoms with van der Waals surface area (Å²) in [7, 11) is 0. The number of aromatic nitrogens is 2. The van der Waals surface area contributed by atoms with Gasteiger partial charge in [-0.3, -0.25) is 0 Å². The van der Waals surface area contributed by atoms with Crippen molar-refractivity contribution in [1.82, 2.24) is 10.1 Å². The van der Waals surface area contributed by atoms with E-state index in [0.717, 1.165) is 25.7 Å². The van der Waals surface area contributed by atoms with Gasteiger partial charge in [0.05, 0.1) is 12.0 Å². The van der Waals surface area contributed by atoms with Crippen LogP contribution in [0.4, 0.5) is 4.39 Å². The lowest BCUT2D eigenvalue weighted by atomic mass is 9.77. The summed E-state index contributed by atoms with van der Waals surface area (Å²) in [6.07, 6.45) is 4.19. The van der Waals surface area contributed by atoms with Crippen LogP contribution in [0.25, 0.3) is 0 Å². The third kappa shape index (κ3) is 2.97. The van der Waals surface area contributed by atoms with E-state index >= 15 is 0 Å². The Hall–Kier alpha value is -1.75. The molecule has 112 valence electrons. The van der Waals surface area contributed by atoms with E-state index in [1.165, 1.54) is 6.07 Å². The molecule has 1 fully saturated rings. The molecule has 0 saturated heterocycles. The highest BCUT2D eigenvalue weighted by Crippen LogP contribution is 2.36. The summed E-state index contributed by atoms with van der Waals surface area (Å²) in [5.74, 6) is 1.41. The molecule has 1 aliphatic rings. The maximum atomic E-state index is 13.6. The molecule has 0 radical (unpaired) electrons. The van der Waals surface area contributed by atoms with Crippen LogP contribution in [0.15, 0.2) is 28.8 Å². The zero-order chi connectivity index (χ0) is 14.9. The van der Waals surface area contributed by atoms with E-state index < -0.39 is 5.54 Å². The van der Waals surface area contributed by atoms with Crippen LogP contribution in [0.5, 0.6) is 0 Å². The van der Waals surface area contributed by atoms with Crippen LogP contribution in [0.3, 0.4) is 0 Å². The second-order valence-corrected chi connectivity index (χ2v) is 6.12. The summed E-state index contributed by atoms with van der Waals surface area (Å²) in [6.45, 7) is 2.24. The maximum Gasteiger partial charge on any atom is 0.231 e. The van der Waals surface area contributed by atoms with Gasteiger partial charge in [0, 0.05) is 0 Å². The van der Waals surface area contributed by atoms with E-state index in [4.69, 9.17) is 10.3 Å². The molecule has 4 nitrogen and oxygen atoms in total. The second-order valence-electron chi connectivity index (χ2n) is 6.12. The van der Waals surface area contributed by atoms with Gasteiger partial charge in [-0.2, -0.15) is 4.98 Å². The number of rotatable bonds is 3. The Morgan fingerprint density at radius 2 is 2.05 bits per heavy atom. The lowest BCUT2D eigenvalue weighted by Gasteiger charge is -2.33. The van der Waals surface area contributed by atoms with Crippen molar-refractivity contribution in [3.63, 3.8) is 0 Å². The van der Waals surface area contributed by atoms with Gasteiger partial charge in [-0.15, -0.1) is 0 Å². The van der Waals surface area contributed by atoms with Crippen LogP contribution in [0, 0.1) is 11.7 Å². The van der Waals surface area contributed by atoms with Crippen molar-refractivity contribution >= 4 is 0 Å². The molecular weight excluding hydrogens is 269 g/mol. The largest absolute Gasteiger partial charge is 0.339 e. The van der Waals surface area contributed by atoms with Crippen molar-refractivity contribution in [2.24, 2.45) is 11.7 Å². The molecule has 1 heterocycles. The topological polar surface area (TPSA) is 64.9 Å². The minimum absolute atomic E-state index is 0.258. The third-order valence-electron chi connectivity index (χ3n) is 4.38. The molecule has 0 amide bonds. The zero-order valence-electron chi connectivity index (χ0n) is 12.2. The molecule has 5 heteroatoms. The Kier molecular flexibility index (Phi) is 3.76. The Labute approximate surface area is 123 Å². The number of hydrogen-bond acceptors (Lipinski definition) is 4. The smallest absolute Gasteiger partial charge is 0.231 e. The summed E-state index contributed by atoms with van der Waals surface area (Å²) in [5.41, 5.74) is 6.48. The number of hydrogen-bond donors (Lipinski definition) is 1. The highest BCUT2D eigenvalue weighted by molar-refractivity contribution is 5.20. The highest BCUT2D eigenvalue weighted by atomic mass is 19.1. The van der Waals surface area contributed by atoms with E-state index in [1.54, 1.807) is 18.2 Å². The van der Waals surface area contributed by atoms with Gasteiger partial charge in [0.25, 0.3) is 0 Å². The number of benzene rings is 1. The minimum atomic E-state index is -0.497. The van der Waals surface area contributed by atoms with Crippen LogP contribution in [-0.4, -0.2) is 10.1 Å². The van der Waals surface area contributed by atoms with Gasteiger partial charge in [0.1, 0.15) is 5.82 Å². The quantitative estimate of drug-likeness (QED) is 0.942. The number of nitrogens with two attached hydrogens (primary N) is 1. The lowest BCUT2D eigenvalue weighted by Crippen LogP contribution is -2.41. The van der Waals surface area contributed by atoms with Gasteiger partial charge in [-0.05, 0) is 43.2 Å². The molecule has 21 heavy (non-hydrogen) atoms. The SMILES string of the molecule is CC1CCC(N)(c2noc(Cc3ccccc3F)n2)CC1. The van der Waals surface area contributed by atoms with E-state index in [1.807, 2.05) is 0 Å².